The molecular formula is C23H17F3N2O4. The number of alkyl halides is 3. The lowest BCUT2D eigenvalue weighted by atomic mass is 10.1. The van der Waals surface area contributed by atoms with Crippen molar-refractivity contribution in [2.24, 2.45) is 5.16 Å². The molecule has 0 spiro atoms. The van der Waals surface area contributed by atoms with Gasteiger partial charge in [-0.05, 0) is 48.5 Å². The van der Waals surface area contributed by atoms with Crippen molar-refractivity contribution >= 4 is 23.5 Å². The fourth-order valence-corrected chi connectivity index (χ4v) is 2.62. The fourth-order valence-electron chi connectivity index (χ4n) is 2.62. The molecule has 164 valence electrons. The number of methoxy groups -OCH3 is 1. The van der Waals surface area contributed by atoms with Crippen LogP contribution in [0, 0.1) is 0 Å². The Hall–Kier alpha value is -4.14. The van der Waals surface area contributed by atoms with Crippen molar-refractivity contribution in [2.45, 2.75) is 6.18 Å². The van der Waals surface area contributed by atoms with Crippen molar-refractivity contribution in [3.8, 4) is 0 Å². The molecule has 0 fully saturated rings. The van der Waals surface area contributed by atoms with Gasteiger partial charge in [0.05, 0.1) is 23.8 Å². The maximum atomic E-state index is 12.7. The molecule has 0 unspecified atom stereocenters. The minimum atomic E-state index is -4.51. The first-order chi connectivity index (χ1) is 15.3. The van der Waals surface area contributed by atoms with Crippen molar-refractivity contribution in [3.63, 3.8) is 0 Å². The minimum Gasteiger partial charge on any atom is -0.465 e. The van der Waals surface area contributed by atoms with Crippen molar-refractivity contribution in [1.82, 2.24) is 0 Å². The molecule has 0 bridgehead atoms. The highest BCUT2D eigenvalue weighted by Crippen LogP contribution is 2.29. The van der Waals surface area contributed by atoms with Crippen LogP contribution in [0.4, 0.5) is 18.9 Å². The van der Waals surface area contributed by atoms with Gasteiger partial charge in [0.25, 0.3) is 0 Å². The van der Waals surface area contributed by atoms with Gasteiger partial charge in [-0.2, -0.15) is 13.2 Å². The standard InChI is InChI=1S/C23H17F3N2O4/c1-31-21(29)16-9-7-15(8-10-16)20(27-19-5-3-2-4-6-19)28-32-22(30)17-11-13-18(14-12-17)23(24,25)26/h2-14H,1H3,(H,27,28). The van der Waals surface area contributed by atoms with Gasteiger partial charge in [0.15, 0.2) is 5.84 Å². The summed E-state index contributed by atoms with van der Waals surface area (Å²) in [4.78, 5) is 28.9. The zero-order chi connectivity index (χ0) is 23.1. The van der Waals surface area contributed by atoms with Crippen LogP contribution < -0.4 is 5.32 Å². The number of benzene rings is 3. The van der Waals surface area contributed by atoms with Gasteiger partial charge in [-0.15, -0.1) is 0 Å². The third-order valence-corrected chi connectivity index (χ3v) is 4.28. The second-order valence-electron chi connectivity index (χ2n) is 6.45. The first-order valence-corrected chi connectivity index (χ1v) is 9.25. The van der Waals surface area contributed by atoms with Crippen LogP contribution in [0.2, 0.25) is 0 Å². The summed E-state index contributed by atoms with van der Waals surface area (Å²) in [5, 5.41) is 6.85. The van der Waals surface area contributed by atoms with Crippen molar-refractivity contribution in [2.75, 3.05) is 12.4 Å². The van der Waals surface area contributed by atoms with E-state index in [1.165, 1.54) is 19.2 Å². The SMILES string of the molecule is COC(=O)c1ccc(/C(=N\OC(=O)c2ccc(C(F)(F)F)cc2)Nc2ccccc2)cc1. The molecule has 3 aromatic rings. The Bertz CT molecular complexity index is 1110. The Balaban J connectivity index is 1.84. The third-order valence-electron chi connectivity index (χ3n) is 4.28. The Morgan fingerprint density at radius 2 is 1.31 bits per heavy atom. The van der Waals surface area contributed by atoms with Crippen LogP contribution in [0.5, 0.6) is 0 Å². The molecule has 3 aromatic carbocycles. The molecule has 0 heterocycles. The van der Waals surface area contributed by atoms with Crippen LogP contribution in [-0.4, -0.2) is 24.9 Å². The van der Waals surface area contributed by atoms with E-state index in [0.29, 0.717) is 16.8 Å². The number of nitrogens with one attached hydrogen (secondary N) is 1. The molecule has 32 heavy (non-hydrogen) atoms. The molecular weight excluding hydrogens is 425 g/mol. The summed E-state index contributed by atoms with van der Waals surface area (Å²) in [6.07, 6.45) is -4.51. The second kappa shape index (κ2) is 9.78. The number of halogens is 3. The van der Waals surface area contributed by atoms with Crippen LogP contribution in [0.25, 0.3) is 0 Å². The van der Waals surface area contributed by atoms with Crippen molar-refractivity contribution in [1.29, 1.82) is 0 Å². The molecule has 0 aliphatic rings. The maximum Gasteiger partial charge on any atom is 0.416 e. The lowest BCUT2D eigenvalue weighted by molar-refractivity contribution is -0.137. The molecule has 6 nitrogen and oxygen atoms in total. The van der Waals surface area contributed by atoms with Gasteiger partial charge in [0.1, 0.15) is 0 Å². The van der Waals surface area contributed by atoms with Crippen molar-refractivity contribution < 1.29 is 32.3 Å². The highest BCUT2D eigenvalue weighted by atomic mass is 19.4. The van der Waals surface area contributed by atoms with E-state index in [-0.39, 0.29) is 11.4 Å². The molecule has 0 aliphatic heterocycles. The topological polar surface area (TPSA) is 77.0 Å². The van der Waals surface area contributed by atoms with E-state index in [2.05, 4.69) is 15.2 Å². The van der Waals surface area contributed by atoms with Gasteiger partial charge in [-0.25, -0.2) is 9.59 Å². The second-order valence-corrected chi connectivity index (χ2v) is 6.45. The van der Waals surface area contributed by atoms with Gasteiger partial charge in [-0.1, -0.05) is 35.5 Å². The minimum absolute atomic E-state index is 0.0955. The Labute approximate surface area is 181 Å². The maximum absolute atomic E-state index is 12.7. The lowest BCUT2D eigenvalue weighted by Gasteiger charge is -2.10. The monoisotopic (exact) mass is 442 g/mol. The first kappa shape index (κ1) is 22.5. The van der Waals surface area contributed by atoms with E-state index in [4.69, 9.17) is 4.84 Å². The molecule has 0 atom stereocenters. The summed E-state index contributed by atoms with van der Waals surface area (Å²) in [6, 6.07) is 18.7. The lowest BCUT2D eigenvalue weighted by Crippen LogP contribution is -2.16. The Morgan fingerprint density at radius 1 is 0.781 bits per heavy atom. The Morgan fingerprint density at radius 3 is 1.88 bits per heavy atom. The van der Waals surface area contributed by atoms with E-state index in [1.54, 1.807) is 36.4 Å². The molecule has 9 heteroatoms. The van der Waals surface area contributed by atoms with E-state index in [0.717, 1.165) is 24.3 Å². The molecule has 0 saturated carbocycles. The zero-order valence-corrected chi connectivity index (χ0v) is 16.7. The summed E-state index contributed by atoms with van der Waals surface area (Å²) in [5.74, 6) is -1.30. The first-order valence-electron chi connectivity index (χ1n) is 9.25. The zero-order valence-electron chi connectivity index (χ0n) is 16.7. The van der Waals surface area contributed by atoms with Crippen LogP contribution in [0.1, 0.15) is 31.8 Å². The molecule has 3 rings (SSSR count). The number of esters is 1. The van der Waals surface area contributed by atoms with Crippen LogP contribution in [-0.2, 0) is 15.8 Å². The molecule has 0 amide bonds. The summed E-state index contributed by atoms with van der Waals surface area (Å²) in [7, 11) is 1.26. The highest BCUT2D eigenvalue weighted by Gasteiger charge is 2.30. The molecule has 0 aromatic heterocycles. The number of hydrogen-bond donors (Lipinski definition) is 1. The number of oxime groups is 1. The van der Waals surface area contributed by atoms with Gasteiger partial charge >= 0.3 is 18.1 Å². The number of para-hydroxylation sites is 1. The van der Waals surface area contributed by atoms with Crippen LogP contribution in [0.15, 0.2) is 84.0 Å². The van der Waals surface area contributed by atoms with Crippen molar-refractivity contribution in [3.05, 3.63) is 101 Å². The smallest absolute Gasteiger partial charge is 0.416 e. The Kier molecular flexibility index (Phi) is 6.89. The summed E-state index contributed by atoms with van der Waals surface area (Å²) >= 11 is 0. The predicted molar refractivity (Wildman–Crippen MR) is 111 cm³/mol. The molecule has 0 radical (unpaired) electrons. The molecule has 1 N–H and O–H groups in total. The number of ether oxygens (including phenoxy) is 1. The van der Waals surface area contributed by atoms with Gasteiger partial charge in [0.2, 0.25) is 0 Å². The predicted octanol–water partition coefficient (Wildman–Crippen LogP) is 5.12. The number of rotatable bonds is 5. The van der Waals surface area contributed by atoms with E-state index in [9.17, 15) is 22.8 Å². The van der Waals surface area contributed by atoms with Crippen LogP contribution >= 0.6 is 0 Å². The normalized spacial score (nSPS) is 11.6. The highest BCUT2D eigenvalue weighted by molar-refractivity contribution is 6.08. The number of amidine groups is 1. The molecule has 0 aliphatic carbocycles. The largest absolute Gasteiger partial charge is 0.465 e. The quantitative estimate of drug-likeness (QED) is 0.195. The molecule has 0 saturated heterocycles. The van der Waals surface area contributed by atoms with Crippen LogP contribution in [0.3, 0.4) is 0 Å². The van der Waals surface area contributed by atoms with E-state index >= 15 is 0 Å². The average Bonchev–Trinajstić information content (AvgIpc) is 2.81. The van der Waals surface area contributed by atoms with E-state index < -0.39 is 23.7 Å². The van der Waals surface area contributed by atoms with E-state index in [1.807, 2.05) is 6.07 Å². The number of carbonyl (C=O) groups excluding carboxylic acids is 2. The van der Waals surface area contributed by atoms with Gasteiger partial charge in [0, 0.05) is 11.3 Å². The number of anilines is 1. The average molecular weight is 442 g/mol. The third kappa shape index (κ3) is 5.72. The number of carbonyl (C=O) groups is 2. The summed E-state index contributed by atoms with van der Waals surface area (Å²) < 4.78 is 42.8. The number of nitrogens with zero attached hydrogens (tertiary/aromatic N) is 1. The number of hydrogen-bond acceptors (Lipinski definition) is 5. The van der Waals surface area contributed by atoms with Gasteiger partial charge in [-0.3, -0.25) is 0 Å². The summed E-state index contributed by atoms with van der Waals surface area (Å²) in [5.41, 5.74) is 0.476. The van der Waals surface area contributed by atoms with Gasteiger partial charge < -0.3 is 14.9 Å². The fraction of sp³-hybridized carbons (Fsp3) is 0.0870. The summed E-state index contributed by atoms with van der Waals surface area (Å²) in [6.45, 7) is 0.